The third kappa shape index (κ3) is 2.87. The molecule has 6 nitrogen and oxygen atoms in total. The second-order valence-electron chi connectivity index (χ2n) is 9.67. The van der Waals surface area contributed by atoms with E-state index in [1.165, 1.54) is 6.92 Å². The van der Waals surface area contributed by atoms with Gasteiger partial charge < -0.3 is 10.5 Å². The van der Waals surface area contributed by atoms with E-state index < -0.39 is 27.4 Å². The molecule has 3 aliphatic heterocycles. The second kappa shape index (κ2) is 6.40. The Labute approximate surface area is 174 Å². The number of fused-ring (bicyclic) bond motifs is 2. The van der Waals surface area contributed by atoms with Gasteiger partial charge in [-0.05, 0) is 63.5 Å². The Hall–Kier alpha value is -1.23. The number of nitrogens with zero attached hydrogens (tertiary/aromatic N) is 2. The second-order valence-corrected chi connectivity index (χ2v) is 11.5. The lowest BCUT2D eigenvalue weighted by molar-refractivity contribution is -0.200. The Kier molecular flexibility index (Phi) is 4.41. The Morgan fingerprint density at radius 3 is 2.50 bits per heavy atom. The van der Waals surface area contributed by atoms with Gasteiger partial charge in [0.2, 0.25) is 10.0 Å². The van der Waals surface area contributed by atoms with Crippen LogP contribution >= 0.6 is 0 Å². The number of alkyl halides is 3. The van der Waals surface area contributed by atoms with E-state index in [4.69, 9.17) is 10.5 Å². The third-order valence-corrected chi connectivity index (χ3v) is 9.84. The molecule has 2 N–H and O–H groups in total. The van der Waals surface area contributed by atoms with Crippen LogP contribution in [-0.2, 0) is 20.9 Å². The van der Waals surface area contributed by atoms with E-state index in [2.05, 4.69) is 4.98 Å². The minimum Gasteiger partial charge on any atom is -0.380 e. The number of aryl methyl sites for hydroxylation is 1. The van der Waals surface area contributed by atoms with Gasteiger partial charge in [-0.3, -0.25) is 0 Å². The monoisotopic (exact) mass is 445 g/mol. The van der Waals surface area contributed by atoms with Crippen molar-refractivity contribution in [3.63, 3.8) is 0 Å². The van der Waals surface area contributed by atoms with Crippen molar-refractivity contribution in [2.45, 2.75) is 74.1 Å². The SMILES string of the molecule is Cc1nc(C(F)(F)F)ccc1S(=O)(=O)N1[C@H]2CC[C@]1(C1CC3(COC3)C1)CC(N)C2. The standard InChI is InChI=1S/C20H26F3N3O3S/c1-12-16(2-3-17(25-12)20(21,22)23)30(27,28)26-15-4-5-19(26,9-14(24)6-15)13-7-18(8-13)10-29-11-18/h2-3,13-15H,4-11,24H2,1H3/t14?,15-,19+/m0/s1. The highest BCUT2D eigenvalue weighted by Gasteiger charge is 2.65. The topological polar surface area (TPSA) is 85.5 Å². The van der Waals surface area contributed by atoms with Gasteiger partial charge in [-0.15, -0.1) is 0 Å². The van der Waals surface area contributed by atoms with Gasteiger partial charge in [0.25, 0.3) is 0 Å². The van der Waals surface area contributed by atoms with Gasteiger partial charge in [0.15, 0.2) is 0 Å². The molecule has 30 heavy (non-hydrogen) atoms. The molecule has 4 fully saturated rings. The molecule has 4 heterocycles. The molecule has 0 radical (unpaired) electrons. The van der Waals surface area contributed by atoms with Gasteiger partial charge in [-0.1, -0.05) is 0 Å². The van der Waals surface area contributed by atoms with Gasteiger partial charge in [-0.25, -0.2) is 13.4 Å². The van der Waals surface area contributed by atoms with Crippen LogP contribution in [0.3, 0.4) is 0 Å². The van der Waals surface area contributed by atoms with E-state index in [1.54, 1.807) is 4.31 Å². The summed E-state index contributed by atoms with van der Waals surface area (Å²) in [4.78, 5) is 3.43. The maximum absolute atomic E-state index is 13.8. The number of aromatic nitrogens is 1. The van der Waals surface area contributed by atoms with Crippen molar-refractivity contribution in [1.82, 2.24) is 9.29 Å². The maximum atomic E-state index is 13.8. The minimum absolute atomic E-state index is 0.0648. The molecule has 0 amide bonds. The molecule has 10 heteroatoms. The largest absolute Gasteiger partial charge is 0.433 e. The number of hydrogen-bond donors (Lipinski definition) is 1. The molecule has 2 bridgehead atoms. The zero-order chi connectivity index (χ0) is 21.5. The van der Waals surface area contributed by atoms with Crippen LogP contribution in [0.5, 0.6) is 0 Å². The number of pyridine rings is 1. The summed E-state index contributed by atoms with van der Waals surface area (Å²) in [6.45, 7) is 2.78. The summed E-state index contributed by atoms with van der Waals surface area (Å²) in [7, 11) is -4.00. The molecule has 166 valence electrons. The first-order chi connectivity index (χ1) is 14.0. The van der Waals surface area contributed by atoms with Crippen molar-refractivity contribution in [3.05, 3.63) is 23.5 Å². The number of halogens is 3. The number of rotatable bonds is 3. The number of sulfonamides is 1. The smallest absolute Gasteiger partial charge is 0.380 e. The summed E-state index contributed by atoms with van der Waals surface area (Å²) in [6.07, 6.45) is -0.118. The maximum Gasteiger partial charge on any atom is 0.433 e. The molecule has 1 aliphatic carbocycles. The summed E-state index contributed by atoms with van der Waals surface area (Å²) in [5.41, 5.74) is 4.75. The normalized spacial score (nSPS) is 34.0. The highest BCUT2D eigenvalue weighted by molar-refractivity contribution is 7.89. The van der Waals surface area contributed by atoms with Gasteiger partial charge in [0.05, 0.1) is 18.9 Å². The summed E-state index contributed by atoms with van der Waals surface area (Å²) >= 11 is 0. The summed E-state index contributed by atoms with van der Waals surface area (Å²) < 4.78 is 73.6. The third-order valence-electron chi connectivity index (χ3n) is 7.67. The van der Waals surface area contributed by atoms with Gasteiger partial charge in [0.1, 0.15) is 10.6 Å². The molecule has 1 saturated carbocycles. The predicted molar refractivity (Wildman–Crippen MR) is 102 cm³/mol. The highest BCUT2D eigenvalue weighted by atomic mass is 32.2. The van der Waals surface area contributed by atoms with Crippen molar-refractivity contribution in [2.24, 2.45) is 17.1 Å². The average Bonchev–Trinajstić information content (AvgIpc) is 2.81. The number of piperidine rings is 1. The van der Waals surface area contributed by atoms with E-state index in [-0.39, 0.29) is 34.0 Å². The van der Waals surface area contributed by atoms with Crippen LogP contribution < -0.4 is 5.73 Å². The Bertz CT molecular complexity index is 971. The molecule has 3 saturated heterocycles. The number of ether oxygens (including phenoxy) is 1. The zero-order valence-corrected chi connectivity index (χ0v) is 17.6. The van der Waals surface area contributed by atoms with E-state index in [9.17, 15) is 21.6 Å². The molecule has 4 aliphatic rings. The van der Waals surface area contributed by atoms with Crippen LogP contribution in [0.4, 0.5) is 13.2 Å². The first kappa shape index (κ1) is 20.7. The Morgan fingerprint density at radius 2 is 1.93 bits per heavy atom. The average molecular weight is 446 g/mol. The molecular weight excluding hydrogens is 419 g/mol. The lowest BCUT2D eigenvalue weighted by Crippen LogP contribution is -2.67. The fourth-order valence-corrected chi connectivity index (χ4v) is 8.61. The molecule has 1 unspecified atom stereocenters. The highest BCUT2D eigenvalue weighted by Crippen LogP contribution is 2.62. The quantitative estimate of drug-likeness (QED) is 0.773. The molecule has 1 aromatic rings. The number of nitrogens with two attached hydrogens (primary N) is 1. The van der Waals surface area contributed by atoms with Gasteiger partial charge in [-0.2, -0.15) is 17.5 Å². The van der Waals surface area contributed by atoms with Crippen LogP contribution in [0.25, 0.3) is 0 Å². The van der Waals surface area contributed by atoms with Crippen LogP contribution in [0.15, 0.2) is 17.0 Å². The van der Waals surface area contributed by atoms with E-state index in [1.807, 2.05) is 0 Å². The lowest BCUT2D eigenvalue weighted by atomic mass is 9.53. The van der Waals surface area contributed by atoms with Crippen LogP contribution in [-0.4, -0.2) is 48.5 Å². The van der Waals surface area contributed by atoms with E-state index in [0.29, 0.717) is 12.8 Å². The first-order valence-electron chi connectivity index (χ1n) is 10.4. The van der Waals surface area contributed by atoms with Gasteiger partial charge in [0, 0.05) is 23.0 Å². The zero-order valence-electron chi connectivity index (χ0n) is 16.8. The fourth-order valence-electron chi connectivity index (χ4n) is 6.36. The van der Waals surface area contributed by atoms with Crippen LogP contribution in [0.2, 0.25) is 0 Å². The molecule has 1 spiro atoms. The van der Waals surface area contributed by atoms with E-state index in [0.717, 1.165) is 51.0 Å². The molecule has 3 atom stereocenters. The van der Waals surface area contributed by atoms with Crippen molar-refractivity contribution < 1.29 is 26.3 Å². The predicted octanol–water partition coefficient (Wildman–Crippen LogP) is 2.85. The van der Waals surface area contributed by atoms with Gasteiger partial charge >= 0.3 is 6.18 Å². The molecular formula is C20H26F3N3O3S. The molecule has 1 aromatic heterocycles. The fraction of sp³-hybridized carbons (Fsp3) is 0.750. The Morgan fingerprint density at radius 1 is 1.23 bits per heavy atom. The van der Waals surface area contributed by atoms with Crippen molar-refractivity contribution in [3.8, 4) is 0 Å². The Balaban J connectivity index is 1.52. The molecule has 5 rings (SSSR count). The van der Waals surface area contributed by atoms with Crippen molar-refractivity contribution in [1.29, 1.82) is 0 Å². The first-order valence-corrected chi connectivity index (χ1v) is 11.8. The van der Waals surface area contributed by atoms with Crippen LogP contribution in [0.1, 0.15) is 49.9 Å². The van der Waals surface area contributed by atoms with Crippen molar-refractivity contribution in [2.75, 3.05) is 13.2 Å². The molecule has 0 aromatic carbocycles. The van der Waals surface area contributed by atoms with Crippen LogP contribution in [0, 0.1) is 18.3 Å². The summed E-state index contributed by atoms with van der Waals surface area (Å²) in [5, 5.41) is 0. The van der Waals surface area contributed by atoms with E-state index >= 15 is 0 Å². The minimum atomic E-state index is -4.61. The van der Waals surface area contributed by atoms with Crippen molar-refractivity contribution >= 4 is 10.0 Å². The lowest BCUT2D eigenvalue weighted by Gasteiger charge is -2.61. The summed E-state index contributed by atoms with van der Waals surface area (Å²) in [5.74, 6) is 0.204. The summed E-state index contributed by atoms with van der Waals surface area (Å²) in [6, 6.07) is 1.54. The number of hydrogen-bond acceptors (Lipinski definition) is 5.